The van der Waals surface area contributed by atoms with E-state index in [9.17, 15) is 5.11 Å². The molecule has 0 saturated carbocycles. The molecule has 0 spiro atoms. The Bertz CT molecular complexity index is 201. The average molecular weight is 178 g/mol. The van der Waals surface area contributed by atoms with Crippen molar-refractivity contribution in [1.29, 1.82) is 0 Å². The van der Waals surface area contributed by atoms with Crippen LogP contribution in [0.2, 0.25) is 0 Å². The van der Waals surface area contributed by atoms with E-state index in [0.29, 0.717) is 6.42 Å². The van der Waals surface area contributed by atoms with Gasteiger partial charge in [-0.3, -0.25) is 0 Å². The number of allylic oxidation sites excluding steroid dienone is 3. The maximum absolute atomic E-state index is 9.65. The Balaban J connectivity index is 4.28. The van der Waals surface area contributed by atoms with Crippen molar-refractivity contribution in [3.63, 3.8) is 0 Å². The van der Waals surface area contributed by atoms with Crippen LogP contribution in [0.4, 0.5) is 0 Å². The van der Waals surface area contributed by atoms with Crippen LogP contribution in [0.15, 0.2) is 49.6 Å². The molecule has 0 fully saturated rings. The summed E-state index contributed by atoms with van der Waals surface area (Å²) in [5.41, 5.74) is 0.995. The van der Waals surface area contributed by atoms with Crippen molar-refractivity contribution in [3.05, 3.63) is 49.6 Å². The minimum atomic E-state index is -0.421. The van der Waals surface area contributed by atoms with E-state index >= 15 is 0 Å². The SMILES string of the molecule is C=CCC=C(CC=C)C(O)CC=C. The Hall–Kier alpha value is -1.08. The first-order valence-corrected chi connectivity index (χ1v) is 4.46. The fourth-order valence-electron chi connectivity index (χ4n) is 1.07. The van der Waals surface area contributed by atoms with E-state index in [-0.39, 0.29) is 0 Å². The molecule has 0 aliphatic heterocycles. The van der Waals surface area contributed by atoms with Crippen LogP contribution in [0.25, 0.3) is 0 Å². The third kappa shape index (κ3) is 5.21. The summed E-state index contributed by atoms with van der Waals surface area (Å²) >= 11 is 0. The maximum Gasteiger partial charge on any atom is 0.0787 e. The van der Waals surface area contributed by atoms with Crippen molar-refractivity contribution in [3.8, 4) is 0 Å². The van der Waals surface area contributed by atoms with Crippen LogP contribution >= 0.6 is 0 Å². The number of aliphatic hydroxyl groups is 1. The van der Waals surface area contributed by atoms with Gasteiger partial charge >= 0.3 is 0 Å². The lowest BCUT2D eigenvalue weighted by molar-refractivity contribution is 0.212. The van der Waals surface area contributed by atoms with Crippen LogP contribution < -0.4 is 0 Å². The van der Waals surface area contributed by atoms with E-state index < -0.39 is 6.10 Å². The minimum absolute atomic E-state index is 0.421. The van der Waals surface area contributed by atoms with Gasteiger partial charge in [0.1, 0.15) is 0 Å². The van der Waals surface area contributed by atoms with Crippen molar-refractivity contribution in [1.82, 2.24) is 0 Å². The van der Waals surface area contributed by atoms with E-state index in [1.165, 1.54) is 0 Å². The lowest BCUT2D eigenvalue weighted by atomic mass is 10.0. The first-order valence-electron chi connectivity index (χ1n) is 4.46. The summed E-state index contributed by atoms with van der Waals surface area (Å²) in [4.78, 5) is 0. The Labute approximate surface area is 80.8 Å². The van der Waals surface area contributed by atoms with Crippen LogP contribution in [0.1, 0.15) is 19.3 Å². The van der Waals surface area contributed by atoms with Crippen LogP contribution in [-0.2, 0) is 0 Å². The normalized spacial score (nSPS) is 13.5. The number of aliphatic hydroxyl groups excluding tert-OH is 1. The van der Waals surface area contributed by atoms with Crippen LogP contribution in [0.5, 0.6) is 0 Å². The molecule has 1 heteroatoms. The molecule has 0 heterocycles. The summed E-state index contributed by atoms with van der Waals surface area (Å²) in [6.07, 6.45) is 9.00. The Morgan fingerprint density at radius 2 is 1.85 bits per heavy atom. The molecule has 0 bridgehead atoms. The Kier molecular flexibility index (Phi) is 6.93. The molecular weight excluding hydrogens is 160 g/mol. The van der Waals surface area contributed by atoms with Gasteiger partial charge in [-0.05, 0) is 24.8 Å². The van der Waals surface area contributed by atoms with E-state index in [1.807, 2.05) is 12.2 Å². The molecule has 0 aliphatic carbocycles. The van der Waals surface area contributed by atoms with Crippen molar-refractivity contribution in [2.45, 2.75) is 25.4 Å². The van der Waals surface area contributed by atoms with E-state index in [1.54, 1.807) is 12.2 Å². The standard InChI is InChI=1S/C12H18O/c1-4-7-10-11(8-5-2)12(13)9-6-3/h4-6,10,12-13H,1-3,7-9H2. The largest absolute Gasteiger partial charge is 0.388 e. The molecule has 0 aromatic carbocycles. The topological polar surface area (TPSA) is 20.2 Å². The molecule has 0 radical (unpaired) electrons. The van der Waals surface area contributed by atoms with Gasteiger partial charge in [0.25, 0.3) is 0 Å². The van der Waals surface area contributed by atoms with E-state index in [0.717, 1.165) is 18.4 Å². The second-order valence-corrected chi connectivity index (χ2v) is 2.84. The molecule has 0 aromatic rings. The Morgan fingerprint density at radius 1 is 1.15 bits per heavy atom. The molecule has 1 nitrogen and oxygen atoms in total. The van der Waals surface area contributed by atoms with Gasteiger partial charge in [0.2, 0.25) is 0 Å². The zero-order valence-corrected chi connectivity index (χ0v) is 8.08. The van der Waals surface area contributed by atoms with Gasteiger partial charge in [0, 0.05) is 0 Å². The molecule has 13 heavy (non-hydrogen) atoms. The first kappa shape index (κ1) is 11.9. The smallest absolute Gasteiger partial charge is 0.0787 e. The first-order chi connectivity index (χ1) is 6.26. The number of rotatable bonds is 7. The lowest BCUT2D eigenvalue weighted by Crippen LogP contribution is -2.08. The minimum Gasteiger partial charge on any atom is -0.388 e. The van der Waals surface area contributed by atoms with Gasteiger partial charge in [-0.15, -0.1) is 19.7 Å². The van der Waals surface area contributed by atoms with Gasteiger partial charge in [0.15, 0.2) is 0 Å². The van der Waals surface area contributed by atoms with Crippen LogP contribution in [0, 0.1) is 0 Å². The monoisotopic (exact) mass is 178 g/mol. The zero-order valence-electron chi connectivity index (χ0n) is 8.08. The summed E-state index contributed by atoms with van der Waals surface area (Å²) in [6, 6.07) is 0. The number of hydrogen-bond donors (Lipinski definition) is 1. The molecule has 0 saturated heterocycles. The molecule has 0 amide bonds. The lowest BCUT2D eigenvalue weighted by Gasteiger charge is -2.11. The molecule has 72 valence electrons. The van der Waals surface area contributed by atoms with Crippen molar-refractivity contribution in [2.24, 2.45) is 0 Å². The third-order valence-corrected chi connectivity index (χ3v) is 1.74. The number of hydrogen-bond acceptors (Lipinski definition) is 1. The quantitative estimate of drug-likeness (QED) is 0.594. The van der Waals surface area contributed by atoms with Gasteiger partial charge in [-0.2, -0.15) is 0 Å². The zero-order chi connectivity index (χ0) is 10.1. The van der Waals surface area contributed by atoms with Gasteiger partial charge in [0.05, 0.1) is 6.10 Å². The highest BCUT2D eigenvalue weighted by molar-refractivity contribution is 5.13. The summed E-state index contributed by atoms with van der Waals surface area (Å²) < 4.78 is 0. The van der Waals surface area contributed by atoms with Crippen LogP contribution in [-0.4, -0.2) is 11.2 Å². The molecule has 1 atom stereocenters. The highest BCUT2D eigenvalue weighted by Crippen LogP contribution is 2.12. The average Bonchev–Trinajstić information content (AvgIpc) is 2.12. The van der Waals surface area contributed by atoms with Gasteiger partial charge in [-0.25, -0.2) is 0 Å². The highest BCUT2D eigenvalue weighted by atomic mass is 16.3. The molecule has 0 aliphatic rings. The summed E-state index contributed by atoms with van der Waals surface area (Å²) in [6.45, 7) is 10.9. The molecule has 0 rings (SSSR count). The third-order valence-electron chi connectivity index (χ3n) is 1.74. The second kappa shape index (κ2) is 7.56. The fourth-order valence-corrected chi connectivity index (χ4v) is 1.07. The van der Waals surface area contributed by atoms with Crippen molar-refractivity contribution in [2.75, 3.05) is 0 Å². The molecule has 0 aromatic heterocycles. The Morgan fingerprint density at radius 3 is 2.31 bits per heavy atom. The predicted octanol–water partition coefficient (Wildman–Crippen LogP) is 3.00. The van der Waals surface area contributed by atoms with Crippen molar-refractivity contribution >= 4 is 0 Å². The summed E-state index contributed by atoms with van der Waals surface area (Å²) in [5, 5.41) is 9.65. The van der Waals surface area contributed by atoms with Gasteiger partial charge in [-0.1, -0.05) is 24.3 Å². The molecule has 1 N–H and O–H groups in total. The maximum atomic E-state index is 9.65. The predicted molar refractivity (Wildman–Crippen MR) is 58.5 cm³/mol. The fraction of sp³-hybridized carbons (Fsp3) is 0.333. The van der Waals surface area contributed by atoms with Crippen molar-refractivity contribution < 1.29 is 5.11 Å². The van der Waals surface area contributed by atoms with Crippen LogP contribution in [0.3, 0.4) is 0 Å². The summed E-state index contributed by atoms with van der Waals surface area (Å²) in [7, 11) is 0. The van der Waals surface area contributed by atoms with E-state index in [4.69, 9.17) is 0 Å². The molecular formula is C12H18O. The highest BCUT2D eigenvalue weighted by Gasteiger charge is 2.06. The molecule has 1 unspecified atom stereocenters. The van der Waals surface area contributed by atoms with Gasteiger partial charge < -0.3 is 5.11 Å². The second-order valence-electron chi connectivity index (χ2n) is 2.84. The summed E-state index contributed by atoms with van der Waals surface area (Å²) in [5.74, 6) is 0. The van der Waals surface area contributed by atoms with E-state index in [2.05, 4.69) is 19.7 Å².